The highest BCUT2D eigenvalue weighted by Crippen LogP contribution is 2.16. The van der Waals surface area contributed by atoms with E-state index in [0.29, 0.717) is 0 Å². The summed E-state index contributed by atoms with van der Waals surface area (Å²) in [5, 5.41) is 0. The first kappa shape index (κ1) is 20.4. The zero-order valence-corrected chi connectivity index (χ0v) is 17.2. The molecule has 2 aromatic carbocycles. The smallest absolute Gasteiger partial charge is 0.239 e. The number of hydrogen-bond acceptors (Lipinski definition) is 4. The van der Waals surface area contributed by atoms with Crippen LogP contribution in [0.3, 0.4) is 0 Å². The molecule has 5 nitrogen and oxygen atoms in total. The van der Waals surface area contributed by atoms with Gasteiger partial charge in [0.15, 0.2) is 0 Å². The molecule has 150 valence electrons. The van der Waals surface area contributed by atoms with Crippen LogP contribution in [0.4, 0.5) is 0 Å². The second kappa shape index (κ2) is 9.71. The second-order valence-corrected chi connectivity index (χ2v) is 7.53. The van der Waals surface area contributed by atoms with Crippen molar-refractivity contribution in [1.82, 2.24) is 14.7 Å². The third kappa shape index (κ3) is 5.33. The monoisotopic (exact) mass is 381 g/mol. The maximum Gasteiger partial charge on any atom is 0.239 e. The Morgan fingerprint density at radius 2 is 1.71 bits per heavy atom. The normalized spacial score (nSPS) is 16.2. The highest BCUT2D eigenvalue weighted by Gasteiger charge is 2.27. The molecule has 0 saturated carbocycles. The van der Waals surface area contributed by atoms with Crippen molar-refractivity contribution in [2.45, 2.75) is 26.1 Å². The van der Waals surface area contributed by atoms with Gasteiger partial charge in [-0.2, -0.15) is 0 Å². The fraction of sp³-hybridized carbons (Fsp3) is 0.435. The Bertz CT molecular complexity index is 757. The van der Waals surface area contributed by atoms with Crippen LogP contribution >= 0.6 is 0 Å². The number of carbonyl (C=O) groups excluding carboxylic acids is 1. The van der Waals surface area contributed by atoms with Crippen LogP contribution in [0.15, 0.2) is 54.6 Å². The van der Waals surface area contributed by atoms with Crippen molar-refractivity contribution in [2.24, 2.45) is 0 Å². The summed E-state index contributed by atoms with van der Waals surface area (Å²) >= 11 is 0. The number of amides is 1. The van der Waals surface area contributed by atoms with E-state index in [4.69, 9.17) is 4.74 Å². The van der Waals surface area contributed by atoms with E-state index in [9.17, 15) is 4.79 Å². The lowest BCUT2D eigenvalue weighted by Crippen LogP contribution is -2.53. The van der Waals surface area contributed by atoms with Gasteiger partial charge < -0.3 is 9.64 Å². The maximum absolute atomic E-state index is 13.0. The first-order valence-corrected chi connectivity index (χ1v) is 9.95. The Labute approximate surface area is 168 Å². The summed E-state index contributed by atoms with van der Waals surface area (Å²) in [6.07, 6.45) is 0. The largest absolute Gasteiger partial charge is 0.497 e. The van der Waals surface area contributed by atoms with Gasteiger partial charge in [-0.05, 0) is 37.2 Å². The Kier molecular flexibility index (Phi) is 7.06. The number of hydrogen-bond donors (Lipinski definition) is 0. The van der Waals surface area contributed by atoms with Crippen LogP contribution in [0.2, 0.25) is 0 Å². The zero-order chi connectivity index (χ0) is 19.9. The summed E-state index contributed by atoms with van der Waals surface area (Å²) in [6, 6.07) is 18.4. The van der Waals surface area contributed by atoms with Crippen molar-refractivity contribution in [3.8, 4) is 5.75 Å². The zero-order valence-electron chi connectivity index (χ0n) is 17.2. The first-order chi connectivity index (χ1) is 13.6. The van der Waals surface area contributed by atoms with Gasteiger partial charge in [0.1, 0.15) is 5.75 Å². The fourth-order valence-electron chi connectivity index (χ4n) is 3.62. The molecular formula is C23H31N3O2. The SMILES string of the molecule is COc1cccc(CN(C)C(C)C(=O)N2CCN(Cc3ccccc3)CC2)c1. The van der Waals surface area contributed by atoms with Crippen molar-refractivity contribution in [3.63, 3.8) is 0 Å². The van der Waals surface area contributed by atoms with E-state index in [1.807, 2.05) is 43.1 Å². The fourth-order valence-corrected chi connectivity index (χ4v) is 3.62. The van der Waals surface area contributed by atoms with Gasteiger partial charge in [-0.25, -0.2) is 0 Å². The van der Waals surface area contributed by atoms with Gasteiger partial charge in [0.05, 0.1) is 13.2 Å². The van der Waals surface area contributed by atoms with E-state index in [1.165, 1.54) is 5.56 Å². The molecule has 0 aliphatic carbocycles. The molecule has 1 fully saturated rings. The topological polar surface area (TPSA) is 36.0 Å². The third-order valence-corrected chi connectivity index (χ3v) is 5.52. The molecule has 0 aromatic heterocycles. The molecule has 1 amide bonds. The van der Waals surface area contributed by atoms with E-state index >= 15 is 0 Å². The molecule has 1 atom stereocenters. The number of likely N-dealkylation sites (N-methyl/N-ethyl adjacent to an activating group) is 1. The van der Waals surface area contributed by atoms with Crippen LogP contribution in [0.25, 0.3) is 0 Å². The predicted molar refractivity (Wildman–Crippen MR) is 112 cm³/mol. The number of carbonyl (C=O) groups is 1. The Hall–Kier alpha value is -2.37. The van der Waals surface area contributed by atoms with E-state index in [-0.39, 0.29) is 11.9 Å². The minimum atomic E-state index is -0.146. The van der Waals surface area contributed by atoms with Crippen LogP contribution in [0, 0.1) is 0 Å². The average molecular weight is 382 g/mol. The van der Waals surface area contributed by atoms with Crippen molar-refractivity contribution < 1.29 is 9.53 Å². The minimum Gasteiger partial charge on any atom is -0.497 e. The molecule has 0 bridgehead atoms. The van der Waals surface area contributed by atoms with Crippen LogP contribution < -0.4 is 4.74 Å². The van der Waals surface area contributed by atoms with Crippen LogP contribution in [0.5, 0.6) is 5.75 Å². The first-order valence-electron chi connectivity index (χ1n) is 9.95. The lowest BCUT2D eigenvalue weighted by Gasteiger charge is -2.37. The molecule has 3 rings (SSSR count). The molecule has 0 N–H and O–H groups in total. The Balaban J connectivity index is 1.49. The maximum atomic E-state index is 13.0. The van der Waals surface area contributed by atoms with E-state index < -0.39 is 0 Å². The molecule has 0 spiro atoms. The summed E-state index contributed by atoms with van der Waals surface area (Å²) in [7, 11) is 3.68. The minimum absolute atomic E-state index is 0.146. The van der Waals surface area contributed by atoms with Gasteiger partial charge in [-0.1, -0.05) is 42.5 Å². The lowest BCUT2D eigenvalue weighted by atomic mass is 10.1. The molecule has 1 aliphatic heterocycles. The molecule has 1 aliphatic rings. The third-order valence-electron chi connectivity index (χ3n) is 5.52. The standard InChI is InChI=1S/C23H31N3O2/c1-19(24(2)17-21-10-7-11-22(16-21)28-3)23(27)26-14-12-25(13-15-26)18-20-8-5-4-6-9-20/h4-11,16,19H,12-15,17-18H2,1-3H3. The Morgan fingerprint density at radius 3 is 2.39 bits per heavy atom. The van der Waals surface area contributed by atoms with Gasteiger partial charge in [0, 0.05) is 39.3 Å². The van der Waals surface area contributed by atoms with Crippen molar-refractivity contribution >= 4 is 5.91 Å². The number of nitrogens with zero attached hydrogens (tertiary/aromatic N) is 3. The number of methoxy groups -OCH3 is 1. The summed E-state index contributed by atoms with van der Waals surface area (Å²) in [5.74, 6) is 1.06. The highest BCUT2D eigenvalue weighted by atomic mass is 16.5. The van der Waals surface area contributed by atoms with E-state index in [2.05, 4.69) is 40.1 Å². The van der Waals surface area contributed by atoms with Gasteiger partial charge in [0.25, 0.3) is 0 Å². The van der Waals surface area contributed by atoms with E-state index in [0.717, 1.165) is 50.6 Å². The summed E-state index contributed by atoms with van der Waals surface area (Å²) in [4.78, 5) is 19.5. The van der Waals surface area contributed by atoms with Crippen LogP contribution in [0.1, 0.15) is 18.1 Å². The molecule has 1 heterocycles. The van der Waals surface area contributed by atoms with Gasteiger partial charge in [-0.3, -0.25) is 14.6 Å². The van der Waals surface area contributed by atoms with Gasteiger partial charge >= 0.3 is 0 Å². The van der Waals surface area contributed by atoms with Crippen LogP contribution in [-0.2, 0) is 17.9 Å². The Morgan fingerprint density at radius 1 is 1.04 bits per heavy atom. The average Bonchev–Trinajstić information content (AvgIpc) is 2.74. The van der Waals surface area contributed by atoms with Crippen LogP contribution in [-0.4, -0.2) is 67.0 Å². The number of ether oxygens (including phenoxy) is 1. The number of benzene rings is 2. The molecular weight excluding hydrogens is 350 g/mol. The molecule has 5 heteroatoms. The quantitative estimate of drug-likeness (QED) is 0.739. The number of rotatable bonds is 7. The summed E-state index contributed by atoms with van der Waals surface area (Å²) in [6.45, 7) is 7.11. The predicted octanol–water partition coefficient (Wildman–Crippen LogP) is 2.86. The lowest BCUT2D eigenvalue weighted by molar-refractivity contribution is -0.138. The number of piperazine rings is 1. The molecule has 0 radical (unpaired) electrons. The molecule has 1 saturated heterocycles. The van der Waals surface area contributed by atoms with Crippen molar-refractivity contribution in [1.29, 1.82) is 0 Å². The second-order valence-electron chi connectivity index (χ2n) is 7.53. The van der Waals surface area contributed by atoms with Gasteiger partial charge in [0.2, 0.25) is 5.91 Å². The molecule has 1 unspecified atom stereocenters. The molecule has 2 aromatic rings. The molecule has 28 heavy (non-hydrogen) atoms. The van der Waals surface area contributed by atoms with E-state index in [1.54, 1.807) is 7.11 Å². The van der Waals surface area contributed by atoms with Crippen molar-refractivity contribution in [2.75, 3.05) is 40.3 Å². The summed E-state index contributed by atoms with van der Waals surface area (Å²) in [5.41, 5.74) is 2.47. The highest BCUT2D eigenvalue weighted by molar-refractivity contribution is 5.81. The van der Waals surface area contributed by atoms with Gasteiger partial charge in [-0.15, -0.1) is 0 Å². The summed E-state index contributed by atoms with van der Waals surface area (Å²) < 4.78 is 5.29. The van der Waals surface area contributed by atoms with Crippen molar-refractivity contribution in [3.05, 3.63) is 65.7 Å².